The summed E-state index contributed by atoms with van der Waals surface area (Å²) in [5, 5.41) is 7.80. The molecule has 0 saturated heterocycles. The van der Waals surface area contributed by atoms with Gasteiger partial charge in [0.25, 0.3) is 0 Å². The van der Waals surface area contributed by atoms with Gasteiger partial charge >= 0.3 is 6.18 Å². The molecule has 2 nitrogen and oxygen atoms in total. The van der Waals surface area contributed by atoms with Crippen molar-refractivity contribution in [3.63, 3.8) is 0 Å². The van der Waals surface area contributed by atoms with Gasteiger partial charge in [-0.05, 0) is 53.7 Å². The molecule has 27 heavy (non-hydrogen) atoms. The van der Waals surface area contributed by atoms with E-state index in [1.54, 1.807) is 11.3 Å². The fourth-order valence-corrected chi connectivity index (χ4v) is 3.90. The molecule has 1 aromatic heterocycles. The van der Waals surface area contributed by atoms with Crippen LogP contribution >= 0.6 is 11.3 Å². The van der Waals surface area contributed by atoms with Gasteiger partial charge in [-0.15, -0.1) is 11.3 Å². The standard InChI is InChI=1S/C21H25F3N2S/c1-2-3-4-5-6-16-11-17(27-14-16)8-7-15-9-10-25-18(12-15)19-13-20(26-19)21(22,23)24/h7-9,11-14,20,25-26H,2-6,10H2,1H3/b8-7+. The van der Waals surface area contributed by atoms with Gasteiger partial charge in [0, 0.05) is 11.4 Å². The van der Waals surface area contributed by atoms with Gasteiger partial charge in [-0.25, -0.2) is 0 Å². The highest BCUT2D eigenvalue weighted by Gasteiger charge is 2.43. The van der Waals surface area contributed by atoms with Crippen LogP contribution < -0.4 is 10.6 Å². The van der Waals surface area contributed by atoms with Crippen LogP contribution in [0.4, 0.5) is 13.2 Å². The first kappa shape index (κ1) is 19.8. The summed E-state index contributed by atoms with van der Waals surface area (Å²) in [5.74, 6) is 0. The Hall–Kier alpha value is -1.95. The van der Waals surface area contributed by atoms with Gasteiger partial charge in [0.2, 0.25) is 0 Å². The highest BCUT2D eigenvalue weighted by molar-refractivity contribution is 7.11. The largest absolute Gasteiger partial charge is 0.412 e. The monoisotopic (exact) mass is 394 g/mol. The van der Waals surface area contributed by atoms with Crippen molar-refractivity contribution in [2.24, 2.45) is 0 Å². The second-order valence-electron chi connectivity index (χ2n) is 6.89. The van der Waals surface area contributed by atoms with Gasteiger partial charge < -0.3 is 10.6 Å². The first-order chi connectivity index (χ1) is 13.0. The molecule has 0 spiro atoms. The molecule has 0 fully saturated rings. The van der Waals surface area contributed by atoms with Crippen molar-refractivity contribution in [1.29, 1.82) is 0 Å². The molecular formula is C21H25F3N2S. The molecule has 2 aliphatic heterocycles. The molecule has 0 saturated carbocycles. The van der Waals surface area contributed by atoms with Crippen LogP contribution in [0, 0.1) is 0 Å². The summed E-state index contributed by atoms with van der Waals surface area (Å²) in [4.78, 5) is 1.20. The van der Waals surface area contributed by atoms with Crippen molar-refractivity contribution in [2.75, 3.05) is 6.54 Å². The maximum atomic E-state index is 12.6. The third-order valence-electron chi connectivity index (χ3n) is 4.66. The predicted molar refractivity (Wildman–Crippen MR) is 106 cm³/mol. The van der Waals surface area contributed by atoms with Crippen LogP contribution in [0.1, 0.15) is 43.0 Å². The normalized spacial score (nSPS) is 19.7. The van der Waals surface area contributed by atoms with Crippen LogP contribution in [0.25, 0.3) is 6.08 Å². The van der Waals surface area contributed by atoms with E-state index < -0.39 is 12.2 Å². The molecule has 3 heterocycles. The first-order valence-electron chi connectivity index (χ1n) is 9.42. The minimum Gasteiger partial charge on any atom is -0.380 e. The van der Waals surface area contributed by atoms with E-state index in [0.29, 0.717) is 17.9 Å². The quantitative estimate of drug-likeness (QED) is 0.552. The lowest BCUT2D eigenvalue weighted by molar-refractivity contribution is -0.147. The molecule has 2 N–H and O–H groups in total. The lowest BCUT2D eigenvalue weighted by atomic mass is 10.0. The Balaban J connectivity index is 1.56. The fourth-order valence-electron chi connectivity index (χ4n) is 3.06. The van der Waals surface area contributed by atoms with Crippen molar-refractivity contribution >= 4 is 17.4 Å². The number of aryl methyl sites for hydroxylation is 1. The third kappa shape index (κ3) is 5.51. The van der Waals surface area contributed by atoms with Crippen LogP contribution in [0.2, 0.25) is 0 Å². The number of unbranched alkanes of at least 4 members (excludes halogenated alkanes) is 3. The number of dihydropyridines is 1. The fraction of sp³-hybridized carbons (Fsp3) is 0.429. The molecule has 0 aromatic carbocycles. The number of hydrogen-bond acceptors (Lipinski definition) is 3. The SMILES string of the molecule is CCCCCCc1csc(/C=C/C2=CCNC(C3=CC(C(F)(F)F)N3)=C2)c1. The van der Waals surface area contributed by atoms with Gasteiger partial charge in [-0.3, -0.25) is 0 Å². The van der Waals surface area contributed by atoms with E-state index in [1.165, 1.54) is 42.2 Å². The molecule has 0 bridgehead atoms. The van der Waals surface area contributed by atoms with E-state index in [0.717, 1.165) is 12.0 Å². The lowest BCUT2D eigenvalue weighted by Gasteiger charge is -2.32. The summed E-state index contributed by atoms with van der Waals surface area (Å²) in [6.07, 6.45) is 11.2. The van der Waals surface area contributed by atoms with Crippen LogP contribution in [-0.4, -0.2) is 18.8 Å². The average Bonchev–Trinajstić information content (AvgIpc) is 3.03. The molecular weight excluding hydrogens is 369 g/mol. The van der Waals surface area contributed by atoms with Gasteiger partial charge in [0.15, 0.2) is 0 Å². The topological polar surface area (TPSA) is 24.1 Å². The van der Waals surface area contributed by atoms with Crippen molar-refractivity contribution in [3.8, 4) is 0 Å². The number of thiophene rings is 1. The summed E-state index contributed by atoms with van der Waals surface area (Å²) in [7, 11) is 0. The second-order valence-corrected chi connectivity index (χ2v) is 7.83. The van der Waals surface area contributed by atoms with Crippen molar-refractivity contribution in [1.82, 2.24) is 10.6 Å². The average molecular weight is 395 g/mol. The Morgan fingerprint density at radius 3 is 2.74 bits per heavy atom. The van der Waals surface area contributed by atoms with Gasteiger partial charge in [-0.1, -0.05) is 38.3 Å². The Morgan fingerprint density at radius 2 is 2.00 bits per heavy atom. The van der Waals surface area contributed by atoms with Crippen LogP contribution in [-0.2, 0) is 6.42 Å². The van der Waals surface area contributed by atoms with Gasteiger partial charge in [0.1, 0.15) is 6.04 Å². The second kappa shape index (κ2) is 8.83. The highest BCUT2D eigenvalue weighted by Crippen LogP contribution is 2.30. The molecule has 1 atom stereocenters. The molecule has 0 aliphatic carbocycles. The Morgan fingerprint density at radius 1 is 1.19 bits per heavy atom. The summed E-state index contributed by atoms with van der Waals surface area (Å²) < 4.78 is 37.7. The first-order valence-corrected chi connectivity index (χ1v) is 10.3. The lowest BCUT2D eigenvalue weighted by Crippen LogP contribution is -2.49. The van der Waals surface area contributed by atoms with E-state index in [9.17, 15) is 13.2 Å². The number of alkyl halides is 3. The van der Waals surface area contributed by atoms with Crippen molar-refractivity contribution in [2.45, 2.75) is 51.2 Å². The zero-order chi connectivity index (χ0) is 19.3. The number of rotatable bonds is 8. The molecule has 3 rings (SSSR count). The number of hydrogen-bond donors (Lipinski definition) is 2. The van der Waals surface area contributed by atoms with Crippen LogP contribution in [0.3, 0.4) is 0 Å². The van der Waals surface area contributed by atoms with E-state index in [-0.39, 0.29) is 0 Å². The molecule has 1 aromatic rings. The Labute approximate surface area is 162 Å². The van der Waals surface area contributed by atoms with E-state index >= 15 is 0 Å². The van der Waals surface area contributed by atoms with Crippen molar-refractivity contribution in [3.05, 3.63) is 63.2 Å². The minimum absolute atomic E-state index is 0.516. The smallest absolute Gasteiger partial charge is 0.380 e. The molecule has 146 valence electrons. The summed E-state index contributed by atoms with van der Waals surface area (Å²) in [6.45, 7) is 2.82. The molecule has 2 aliphatic rings. The molecule has 1 unspecified atom stereocenters. The van der Waals surface area contributed by atoms with Crippen LogP contribution in [0.5, 0.6) is 0 Å². The number of halogens is 3. The zero-order valence-electron chi connectivity index (χ0n) is 15.4. The molecule has 6 heteroatoms. The maximum absolute atomic E-state index is 12.6. The Bertz CT molecular complexity index is 769. The third-order valence-corrected chi connectivity index (χ3v) is 5.61. The maximum Gasteiger partial charge on any atom is 0.412 e. The van der Waals surface area contributed by atoms with Gasteiger partial charge in [-0.2, -0.15) is 13.2 Å². The number of allylic oxidation sites excluding steroid dienone is 3. The molecule has 0 amide bonds. The van der Waals surface area contributed by atoms with E-state index in [4.69, 9.17) is 0 Å². The van der Waals surface area contributed by atoms with E-state index in [1.807, 2.05) is 18.2 Å². The molecule has 0 radical (unpaired) electrons. The summed E-state index contributed by atoms with van der Waals surface area (Å²) >= 11 is 1.73. The van der Waals surface area contributed by atoms with Crippen LogP contribution in [0.15, 0.2) is 52.7 Å². The number of nitrogens with one attached hydrogen (secondary N) is 2. The zero-order valence-corrected chi connectivity index (χ0v) is 16.2. The summed E-state index contributed by atoms with van der Waals surface area (Å²) in [5.41, 5.74) is 3.61. The highest BCUT2D eigenvalue weighted by atomic mass is 32.1. The summed E-state index contributed by atoms with van der Waals surface area (Å²) in [6, 6.07) is 0.686. The van der Waals surface area contributed by atoms with E-state index in [2.05, 4.69) is 35.1 Å². The van der Waals surface area contributed by atoms with Gasteiger partial charge in [0.05, 0.1) is 11.4 Å². The van der Waals surface area contributed by atoms with Crippen molar-refractivity contribution < 1.29 is 13.2 Å². The predicted octanol–water partition coefficient (Wildman–Crippen LogP) is 5.72. The Kier molecular flexibility index (Phi) is 6.47. The minimum atomic E-state index is -4.23.